The molecule has 0 heterocycles. The van der Waals surface area contributed by atoms with Gasteiger partial charge in [0.15, 0.2) is 0 Å². The van der Waals surface area contributed by atoms with E-state index in [4.69, 9.17) is 4.74 Å². The van der Waals surface area contributed by atoms with Crippen molar-refractivity contribution in [1.29, 1.82) is 0 Å². The summed E-state index contributed by atoms with van der Waals surface area (Å²) in [5.41, 5.74) is -0.472. The van der Waals surface area contributed by atoms with E-state index in [1.807, 2.05) is 20.8 Å². The normalized spacial score (nSPS) is 26.6. The smallest absolute Gasteiger partial charge is 0.410 e. The molecule has 0 aromatic carbocycles. The van der Waals surface area contributed by atoms with Crippen molar-refractivity contribution in [3.05, 3.63) is 0 Å². The lowest BCUT2D eigenvalue weighted by Crippen LogP contribution is -2.52. The fourth-order valence-electron chi connectivity index (χ4n) is 1.39. The lowest BCUT2D eigenvalue weighted by Gasteiger charge is -2.39. The molecule has 82 valence electrons. The molecule has 2 atom stereocenters. The Balaban J connectivity index is 2.44. The average Bonchev–Trinajstić information content (AvgIpc) is 1.98. The van der Waals surface area contributed by atoms with Gasteiger partial charge in [-0.25, -0.2) is 4.79 Å². The lowest BCUT2D eigenvalue weighted by molar-refractivity contribution is -0.0308. The topological polar surface area (TPSA) is 49.8 Å². The van der Waals surface area contributed by atoms with E-state index in [1.165, 1.54) is 4.90 Å². The van der Waals surface area contributed by atoms with E-state index >= 15 is 0 Å². The van der Waals surface area contributed by atoms with Crippen molar-refractivity contribution in [3.63, 3.8) is 0 Å². The van der Waals surface area contributed by atoms with Crippen molar-refractivity contribution in [2.75, 3.05) is 7.05 Å². The van der Waals surface area contributed by atoms with Crippen LogP contribution < -0.4 is 0 Å². The third-order valence-corrected chi connectivity index (χ3v) is 2.38. The zero-order valence-electron chi connectivity index (χ0n) is 9.28. The zero-order chi connectivity index (χ0) is 10.9. The minimum Gasteiger partial charge on any atom is -0.444 e. The molecule has 1 aliphatic carbocycles. The molecule has 0 unspecified atom stereocenters. The second-order valence-electron chi connectivity index (χ2n) is 4.80. The number of nitrogens with zero attached hydrogens (tertiary/aromatic N) is 1. The summed E-state index contributed by atoms with van der Waals surface area (Å²) in [5, 5.41) is 9.38. The van der Waals surface area contributed by atoms with E-state index in [0.717, 1.165) is 12.8 Å². The van der Waals surface area contributed by atoms with Crippen molar-refractivity contribution in [3.8, 4) is 0 Å². The van der Waals surface area contributed by atoms with Crippen LogP contribution >= 0.6 is 0 Å². The number of aliphatic hydroxyl groups excluding tert-OH is 1. The molecule has 14 heavy (non-hydrogen) atoms. The van der Waals surface area contributed by atoms with Crippen molar-refractivity contribution >= 4 is 6.09 Å². The summed E-state index contributed by atoms with van der Waals surface area (Å²) in [7, 11) is 1.67. The summed E-state index contributed by atoms with van der Waals surface area (Å²) >= 11 is 0. The number of hydrogen-bond acceptors (Lipinski definition) is 3. The van der Waals surface area contributed by atoms with Gasteiger partial charge in [-0.2, -0.15) is 0 Å². The number of carbonyl (C=O) groups excluding carboxylic acids is 1. The summed E-state index contributed by atoms with van der Waals surface area (Å²) < 4.78 is 5.18. The number of aliphatic hydroxyl groups is 1. The van der Waals surface area contributed by atoms with Crippen LogP contribution in [0.25, 0.3) is 0 Å². The number of likely N-dealkylation sites (N-methyl/N-ethyl adjacent to an activating group) is 1. The molecule has 0 aliphatic heterocycles. The monoisotopic (exact) mass is 201 g/mol. The maximum Gasteiger partial charge on any atom is 0.410 e. The Labute approximate surface area is 84.8 Å². The van der Waals surface area contributed by atoms with E-state index in [1.54, 1.807) is 7.05 Å². The molecular weight excluding hydrogens is 182 g/mol. The first-order chi connectivity index (χ1) is 6.31. The van der Waals surface area contributed by atoms with Gasteiger partial charge >= 0.3 is 6.09 Å². The highest BCUT2D eigenvalue weighted by Crippen LogP contribution is 2.25. The van der Waals surface area contributed by atoms with Crippen molar-refractivity contribution < 1.29 is 14.6 Å². The molecule has 1 saturated carbocycles. The number of rotatable bonds is 1. The molecule has 4 heteroatoms. The molecule has 4 nitrogen and oxygen atoms in total. The largest absolute Gasteiger partial charge is 0.444 e. The van der Waals surface area contributed by atoms with Gasteiger partial charge in [-0.05, 0) is 33.6 Å². The van der Waals surface area contributed by atoms with Gasteiger partial charge in [0.1, 0.15) is 5.60 Å². The number of ether oxygens (including phenoxy) is 1. The Morgan fingerprint density at radius 3 is 2.29 bits per heavy atom. The molecule has 0 aromatic rings. The molecule has 0 aromatic heterocycles. The molecule has 0 saturated heterocycles. The van der Waals surface area contributed by atoms with Gasteiger partial charge in [0, 0.05) is 7.05 Å². The maximum absolute atomic E-state index is 11.5. The van der Waals surface area contributed by atoms with E-state index < -0.39 is 5.60 Å². The van der Waals surface area contributed by atoms with E-state index in [-0.39, 0.29) is 18.2 Å². The summed E-state index contributed by atoms with van der Waals surface area (Å²) in [6.07, 6.45) is 0.892. The first kappa shape index (κ1) is 11.3. The highest BCUT2D eigenvalue weighted by Gasteiger charge is 2.36. The average molecular weight is 201 g/mol. The quantitative estimate of drug-likeness (QED) is 0.697. The van der Waals surface area contributed by atoms with E-state index in [9.17, 15) is 9.90 Å². The van der Waals surface area contributed by atoms with Crippen LogP contribution in [0.1, 0.15) is 33.6 Å². The lowest BCUT2D eigenvalue weighted by atomic mass is 9.88. The van der Waals surface area contributed by atoms with Crippen LogP contribution in [0.2, 0.25) is 0 Å². The molecule has 0 radical (unpaired) electrons. The van der Waals surface area contributed by atoms with Crippen LogP contribution in [0.3, 0.4) is 0 Å². The molecule has 1 fully saturated rings. The summed E-state index contributed by atoms with van der Waals surface area (Å²) in [6, 6.07) is -0.0650. The molecule has 0 spiro atoms. The van der Waals surface area contributed by atoms with E-state index in [2.05, 4.69) is 0 Å². The Morgan fingerprint density at radius 2 is 2.00 bits per heavy atom. The molecule has 1 amide bonds. The highest BCUT2D eigenvalue weighted by molar-refractivity contribution is 5.68. The van der Waals surface area contributed by atoms with Gasteiger partial charge < -0.3 is 14.7 Å². The van der Waals surface area contributed by atoms with Crippen LogP contribution in [0.5, 0.6) is 0 Å². The van der Waals surface area contributed by atoms with Crippen molar-refractivity contribution in [2.24, 2.45) is 0 Å². The molecule has 1 N–H and O–H groups in total. The highest BCUT2D eigenvalue weighted by atomic mass is 16.6. The maximum atomic E-state index is 11.5. The number of hydrogen-bond donors (Lipinski definition) is 1. The Bertz CT molecular complexity index is 222. The fraction of sp³-hybridized carbons (Fsp3) is 0.900. The van der Waals surface area contributed by atoms with Crippen LogP contribution in [0.4, 0.5) is 4.79 Å². The van der Waals surface area contributed by atoms with Gasteiger partial charge in [0.2, 0.25) is 0 Å². The fourth-order valence-corrected chi connectivity index (χ4v) is 1.39. The molecule has 1 aliphatic rings. The van der Waals surface area contributed by atoms with Crippen LogP contribution in [-0.2, 0) is 4.74 Å². The van der Waals surface area contributed by atoms with Crippen LogP contribution in [0.15, 0.2) is 0 Å². The van der Waals surface area contributed by atoms with Gasteiger partial charge in [-0.15, -0.1) is 0 Å². The van der Waals surface area contributed by atoms with Crippen LogP contribution in [0, 0.1) is 0 Å². The zero-order valence-corrected chi connectivity index (χ0v) is 9.28. The SMILES string of the molecule is CN(C(=O)OC(C)(C)C)[C@@H]1CC[C@H]1O. The molecule has 0 bridgehead atoms. The van der Waals surface area contributed by atoms with E-state index in [0.29, 0.717) is 0 Å². The number of amides is 1. The van der Waals surface area contributed by atoms with Gasteiger partial charge in [0.05, 0.1) is 12.1 Å². The first-order valence-electron chi connectivity index (χ1n) is 4.95. The summed E-state index contributed by atoms with van der Waals surface area (Å²) in [5.74, 6) is 0. The minimum atomic E-state index is -0.472. The van der Waals surface area contributed by atoms with Gasteiger partial charge in [-0.1, -0.05) is 0 Å². The number of carbonyl (C=O) groups is 1. The second kappa shape index (κ2) is 3.77. The molecule has 1 rings (SSSR count). The first-order valence-corrected chi connectivity index (χ1v) is 4.95. The third kappa shape index (κ3) is 2.61. The van der Waals surface area contributed by atoms with Crippen molar-refractivity contribution in [1.82, 2.24) is 4.90 Å². The summed E-state index contributed by atoms with van der Waals surface area (Å²) in [4.78, 5) is 13.0. The summed E-state index contributed by atoms with van der Waals surface area (Å²) in [6.45, 7) is 5.49. The Kier molecular flexibility index (Phi) is 3.04. The predicted octanol–water partition coefficient (Wildman–Crippen LogP) is 1.38. The van der Waals surface area contributed by atoms with Gasteiger partial charge in [-0.3, -0.25) is 0 Å². The van der Waals surface area contributed by atoms with Crippen LogP contribution in [-0.4, -0.2) is 40.9 Å². The predicted molar refractivity (Wildman–Crippen MR) is 53.0 cm³/mol. The molecular formula is C10H19NO3. The third-order valence-electron chi connectivity index (χ3n) is 2.38. The van der Waals surface area contributed by atoms with Gasteiger partial charge in [0.25, 0.3) is 0 Å². The Morgan fingerprint density at radius 1 is 1.43 bits per heavy atom. The standard InChI is InChI=1S/C10H19NO3/c1-10(2,3)14-9(13)11(4)7-5-6-8(7)12/h7-8,12H,5-6H2,1-4H3/t7-,8-/m1/s1. The van der Waals surface area contributed by atoms with Crippen molar-refractivity contribution in [2.45, 2.75) is 51.4 Å². The Hall–Kier alpha value is -0.770. The second-order valence-corrected chi connectivity index (χ2v) is 4.80. The minimum absolute atomic E-state index is 0.0650.